The van der Waals surface area contributed by atoms with E-state index in [1.54, 1.807) is 0 Å². The number of rotatable bonds is 2. The van der Waals surface area contributed by atoms with Gasteiger partial charge in [-0.2, -0.15) is 0 Å². The smallest absolute Gasteiger partial charge is 0.0351 e. The van der Waals surface area contributed by atoms with Crippen LogP contribution in [0.3, 0.4) is 0 Å². The van der Waals surface area contributed by atoms with Crippen LogP contribution in [-0.2, 0) is 0 Å². The number of hydrogen-bond acceptors (Lipinski definition) is 3. The van der Waals surface area contributed by atoms with Gasteiger partial charge < -0.3 is 4.90 Å². The van der Waals surface area contributed by atoms with Gasteiger partial charge >= 0.3 is 0 Å². The fourth-order valence-electron chi connectivity index (χ4n) is 2.61. The molecule has 0 aromatic carbocycles. The highest BCUT2D eigenvalue weighted by Crippen LogP contribution is 2.20. The summed E-state index contributed by atoms with van der Waals surface area (Å²) in [4.78, 5) is 7.59. The van der Waals surface area contributed by atoms with Crippen molar-refractivity contribution in [1.82, 2.24) is 14.7 Å². The van der Waals surface area contributed by atoms with Crippen molar-refractivity contribution in [3.8, 4) is 0 Å². The number of piperazine rings is 3. The second-order valence-electron chi connectivity index (χ2n) is 4.75. The molecule has 13 heavy (non-hydrogen) atoms. The Labute approximate surface area is 81.3 Å². The van der Waals surface area contributed by atoms with Crippen LogP contribution in [0.25, 0.3) is 0 Å². The molecule has 4 atom stereocenters. The molecule has 0 saturated carbocycles. The quantitative estimate of drug-likeness (QED) is 0.594. The molecule has 0 spiro atoms. The van der Waals surface area contributed by atoms with E-state index in [4.69, 9.17) is 0 Å². The molecule has 3 fully saturated rings. The van der Waals surface area contributed by atoms with Crippen molar-refractivity contribution in [3.05, 3.63) is 0 Å². The van der Waals surface area contributed by atoms with Crippen LogP contribution in [0.1, 0.15) is 6.92 Å². The van der Waals surface area contributed by atoms with Crippen LogP contribution in [0, 0.1) is 0 Å². The zero-order valence-electron chi connectivity index (χ0n) is 9.03. The van der Waals surface area contributed by atoms with Gasteiger partial charge in [-0.15, -0.1) is 0 Å². The molecule has 0 aromatic heterocycles. The molecule has 0 N–H and O–H groups in total. The van der Waals surface area contributed by atoms with Gasteiger partial charge in [-0.1, -0.05) is 0 Å². The third-order valence-electron chi connectivity index (χ3n) is 3.33. The first-order valence-corrected chi connectivity index (χ1v) is 5.29. The fraction of sp³-hybridized carbons (Fsp3) is 1.00. The van der Waals surface area contributed by atoms with E-state index in [0.29, 0.717) is 0 Å². The highest BCUT2D eigenvalue weighted by molar-refractivity contribution is 4.92. The van der Waals surface area contributed by atoms with Crippen molar-refractivity contribution in [2.45, 2.75) is 19.0 Å². The third-order valence-corrected chi connectivity index (χ3v) is 3.33. The van der Waals surface area contributed by atoms with Crippen molar-refractivity contribution in [3.63, 3.8) is 0 Å². The second kappa shape index (κ2) is 3.56. The predicted octanol–water partition coefficient (Wildman–Crippen LogP) is -0.0637. The first-order valence-electron chi connectivity index (χ1n) is 5.29. The molecule has 3 aliphatic heterocycles. The lowest BCUT2D eigenvalue weighted by Gasteiger charge is -2.51. The molecule has 0 amide bonds. The standard InChI is InChI=1S/C10H21N3/c1-9-6-13-5-4-12(9)8-10(13)7-11(2)3/h9-10H,4-8H2,1-3H3. The Kier molecular flexibility index (Phi) is 2.58. The molecule has 4 unspecified atom stereocenters. The number of fused-ring (bicyclic) bond motifs is 3. The van der Waals surface area contributed by atoms with Gasteiger partial charge in [0.05, 0.1) is 0 Å². The Morgan fingerprint density at radius 2 is 1.85 bits per heavy atom. The van der Waals surface area contributed by atoms with E-state index in [2.05, 4.69) is 35.7 Å². The molecule has 3 nitrogen and oxygen atoms in total. The van der Waals surface area contributed by atoms with Gasteiger partial charge in [-0.05, 0) is 21.0 Å². The van der Waals surface area contributed by atoms with Crippen molar-refractivity contribution in [1.29, 1.82) is 0 Å². The molecular weight excluding hydrogens is 162 g/mol. The molecule has 3 aliphatic rings. The van der Waals surface area contributed by atoms with E-state index in [9.17, 15) is 0 Å². The summed E-state index contributed by atoms with van der Waals surface area (Å²) in [5, 5.41) is 0. The van der Waals surface area contributed by atoms with E-state index < -0.39 is 0 Å². The average Bonchev–Trinajstić information content (AvgIpc) is 2.05. The van der Waals surface area contributed by atoms with Gasteiger partial charge in [0, 0.05) is 44.8 Å². The average molecular weight is 183 g/mol. The zero-order valence-corrected chi connectivity index (χ0v) is 9.03. The lowest BCUT2D eigenvalue weighted by atomic mass is 10.0. The molecular formula is C10H21N3. The SMILES string of the molecule is CC1CN2CCN1CC2CN(C)C. The highest BCUT2D eigenvalue weighted by Gasteiger charge is 2.35. The summed E-state index contributed by atoms with van der Waals surface area (Å²) in [6, 6.07) is 1.56. The van der Waals surface area contributed by atoms with E-state index in [0.717, 1.165) is 12.1 Å². The summed E-state index contributed by atoms with van der Waals surface area (Å²) in [7, 11) is 4.34. The van der Waals surface area contributed by atoms with Crippen molar-refractivity contribution >= 4 is 0 Å². The van der Waals surface area contributed by atoms with Crippen molar-refractivity contribution in [2.75, 3.05) is 46.8 Å². The number of likely N-dealkylation sites (N-methyl/N-ethyl adjacent to an activating group) is 1. The molecule has 3 saturated heterocycles. The third kappa shape index (κ3) is 1.87. The topological polar surface area (TPSA) is 9.72 Å². The van der Waals surface area contributed by atoms with E-state index in [1.165, 1.54) is 32.7 Å². The summed E-state index contributed by atoms with van der Waals surface area (Å²) >= 11 is 0. The summed E-state index contributed by atoms with van der Waals surface area (Å²) < 4.78 is 0. The minimum Gasteiger partial charge on any atom is -0.308 e. The maximum absolute atomic E-state index is 2.66. The number of hydrogen-bond donors (Lipinski definition) is 0. The molecule has 0 radical (unpaired) electrons. The minimum absolute atomic E-state index is 0.778. The predicted molar refractivity (Wildman–Crippen MR) is 55.0 cm³/mol. The summed E-state index contributed by atoms with van der Waals surface area (Å²) in [6.07, 6.45) is 0. The van der Waals surface area contributed by atoms with Gasteiger partial charge in [0.1, 0.15) is 0 Å². The number of nitrogens with zero attached hydrogens (tertiary/aromatic N) is 3. The van der Waals surface area contributed by atoms with Gasteiger partial charge in [0.15, 0.2) is 0 Å². The molecule has 0 aliphatic carbocycles. The van der Waals surface area contributed by atoms with Crippen LogP contribution in [0.2, 0.25) is 0 Å². The minimum atomic E-state index is 0.778. The lowest BCUT2D eigenvalue weighted by molar-refractivity contribution is -0.0301. The van der Waals surface area contributed by atoms with Crippen LogP contribution in [0.4, 0.5) is 0 Å². The highest BCUT2D eigenvalue weighted by atomic mass is 15.4. The molecule has 0 aromatic rings. The van der Waals surface area contributed by atoms with Crippen molar-refractivity contribution < 1.29 is 0 Å². The summed E-state index contributed by atoms with van der Waals surface area (Å²) in [5.41, 5.74) is 0. The van der Waals surface area contributed by atoms with Gasteiger partial charge in [0.2, 0.25) is 0 Å². The van der Waals surface area contributed by atoms with Crippen LogP contribution < -0.4 is 0 Å². The second-order valence-corrected chi connectivity index (χ2v) is 4.75. The van der Waals surface area contributed by atoms with E-state index in [-0.39, 0.29) is 0 Å². The molecule has 3 rings (SSSR count). The molecule has 3 heteroatoms. The fourth-order valence-corrected chi connectivity index (χ4v) is 2.61. The summed E-state index contributed by atoms with van der Waals surface area (Å²) in [6.45, 7) is 8.67. The Morgan fingerprint density at radius 1 is 1.15 bits per heavy atom. The van der Waals surface area contributed by atoms with Gasteiger partial charge in [0.25, 0.3) is 0 Å². The lowest BCUT2D eigenvalue weighted by Crippen LogP contribution is -2.66. The molecule has 3 heterocycles. The zero-order chi connectivity index (χ0) is 9.42. The van der Waals surface area contributed by atoms with Crippen molar-refractivity contribution in [2.24, 2.45) is 0 Å². The maximum Gasteiger partial charge on any atom is 0.0351 e. The van der Waals surface area contributed by atoms with E-state index in [1.807, 2.05) is 0 Å². The van der Waals surface area contributed by atoms with Crippen LogP contribution in [-0.4, -0.2) is 73.6 Å². The molecule has 76 valence electrons. The Morgan fingerprint density at radius 3 is 2.31 bits per heavy atom. The van der Waals surface area contributed by atoms with Crippen LogP contribution >= 0.6 is 0 Å². The van der Waals surface area contributed by atoms with E-state index >= 15 is 0 Å². The Bertz CT molecular complexity index is 181. The monoisotopic (exact) mass is 183 g/mol. The van der Waals surface area contributed by atoms with Gasteiger partial charge in [-0.3, -0.25) is 9.80 Å². The first-order chi connectivity index (χ1) is 6.16. The first kappa shape index (κ1) is 9.44. The normalized spacial score (nSPS) is 44.3. The summed E-state index contributed by atoms with van der Waals surface area (Å²) in [5.74, 6) is 0. The largest absolute Gasteiger partial charge is 0.308 e. The van der Waals surface area contributed by atoms with Crippen LogP contribution in [0.15, 0.2) is 0 Å². The Balaban J connectivity index is 1.94. The van der Waals surface area contributed by atoms with Gasteiger partial charge in [-0.25, -0.2) is 0 Å². The van der Waals surface area contributed by atoms with Crippen LogP contribution in [0.5, 0.6) is 0 Å². The molecule has 2 bridgehead atoms. The maximum atomic E-state index is 2.66. The Hall–Kier alpha value is -0.120.